The average molecular weight is 321 g/mol. The maximum Gasteiger partial charge on any atom is 0.242 e. The smallest absolute Gasteiger partial charge is 0.242 e. The number of hydrogen-bond acceptors (Lipinski definition) is 4. The highest BCUT2D eigenvalue weighted by Gasteiger charge is 2.17. The second-order valence-corrected chi connectivity index (χ2v) is 7.03. The molecule has 5 nitrogen and oxygen atoms in total. The lowest BCUT2D eigenvalue weighted by molar-refractivity contribution is 0.128. The van der Waals surface area contributed by atoms with Crippen molar-refractivity contribution in [2.45, 2.75) is 25.2 Å². The van der Waals surface area contributed by atoms with Crippen LogP contribution in [0.4, 0.5) is 5.69 Å². The predicted octanol–water partition coefficient (Wildman–Crippen LogP) is 2.26. The highest BCUT2D eigenvalue weighted by atomic mass is 35.5. The van der Waals surface area contributed by atoms with Gasteiger partial charge in [0.2, 0.25) is 10.0 Å². The van der Waals surface area contributed by atoms with E-state index in [-0.39, 0.29) is 16.5 Å². The van der Waals surface area contributed by atoms with Gasteiger partial charge < -0.3 is 10.5 Å². The Morgan fingerprint density at radius 2 is 2.05 bits per heavy atom. The standard InChI is InChI=1S/C13H21ClN2O3S/c1-10(2)5-7-19-8-6-16-20(17,18)13-4-3-11(15)9-12(13)14/h3-4,9-10,16H,5-8,15H2,1-2H3. The summed E-state index contributed by atoms with van der Waals surface area (Å²) in [5.41, 5.74) is 5.95. The molecule has 0 heterocycles. The summed E-state index contributed by atoms with van der Waals surface area (Å²) in [6.07, 6.45) is 0.955. The molecule has 3 N–H and O–H groups in total. The van der Waals surface area contributed by atoms with Crippen LogP contribution in [0.25, 0.3) is 0 Å². The summed E-state index contributed by atoms with van der Waals surface area (Å²) < 4.78 is 31.8. The second-order valence-electron chi connectivity index (χ2n) is 4.88. The van der Waals surface area contributed by atoms with E-state index in [4.69, 9.17) is 22.1 Å². The minimum Gasteiger partial charge on any atom is -0.399 e. The van der Waals surface area contributed by atoms with Crippen LogP contribution in [0.1, 0.15) is 20.3 Å². The molecule has 0 saturated heterocycles. The molecule has 0 spiro atoms. The van der Waals surface area contributed by atoms with Gasteiger partial charge in [-0.15, -0.1) is 0 Å². The van der Waals surface area contributed by atoms with Gasteiger partial charge in [0, 0.05) is 18.8 Å². The van der Waals surface area contributed by atoms with Crippen molar-refractivity contribution in [3.63, 3.8) is 0 Å². The molecule has 7 heteroatoms. The van der Waals surface area contributed by atoms with Gasteiger partial charge in [-0.05, 0) is 30.5 Å². The van der Waals surface area contributed by atoms with Crippen LogP contribution < -0.4 is 10.5 Å². The molecule has 0 bridgehead atoms. The zero-order chi connectivity index (χ0) is 15.2. The molecule has 0 aromatic heterocycles. The van der Waals surface area contributed by atoms with Crippen molar-refractivity contribution in [2.24, 2.45) is 5.92 Å². The fourth-order valence-electron chi connectivity index (χ4n) is 1.48. The lowest BCUT2D eigenvalue weighted by Gasteiger charge is -2.10. The maximum absolute atomic E-state index is 12.0. The van der Waals surface area contributed by atoms with Gasteiger partial charge in [0.05, 0.1) is 11.6 Å². The number of nitrogens with two attached hydrogens (primary N) is 1. The molecule has 0 fully saturated rings. The first kappa shape index (κ1) is 17.2. The highest BCUT2D eigenvalue weighted by molar-refractivity contribution is 7.89. The fourth-order valence-corrected chi connectivity index (χ4v) is 3.05. The molecule has 20 heavy (non-hydrogen) atoms. The molecule has 0 aliphatic rings. The van der Waals surface area contributed by atoms with Gasteiger partial charge in [-0.2, -0.15) is 0 Å². The monoisotopic (exact) mass is 320 g/mol. The van der Waals surface area contributed by atoms with Crippen LogP contribution in [0, 0.1) is 5.92 Å². The molecule has 0 aliphatic carbocycles. The van der Waals surface area contributed by atoms with Crippen molar-refractivity contribution in [2.75, 3.05) is 25.5 Å². The number of anilines is 1. The van der Waals surface area contributed by atoms with Gasteiger partial charge in [0.1, 0.15) is 4.90 Å². The number of benzene rings is 1. The van der Waals surface area contributed by atoms with Gasteiger partial charge in [0.25, 0.3) is 0 Å². The Morgan fingerprint density at radius 1 is 1.35 bits per heavy atom. The van der Waals surface area contributed by atoms with Crippen LogP contribution in [0.2, 0.25) is 5.02 Å². The number of halogens is 1. The van der Waals surface area contributed by atoms with Gasteiger partial charge in [-0.3, -0.25) is 0 Å². The van der Waals surface area contributed by atoms with Crippen LogP contribution in [-0.2, 0) is 14.8 Å². The molecule has 0 amide bonds. The van der Waals surface area contributed by atoms with Gasteiger partial charge in [-0.25, -0.2) is 13.1 Å². The minimum absolute atomic E-state index is 0.0237. The topological polar surface area (TPSA) is 81.4 Å². The quantitative estimate of drug-likeness (QED) is 0.568. The molecular weight excluding hydrogens is 300 g/mol. The summed E-state index contributed by atoms with van der Waals surface area (Å²) in [7, 11) is -3.63. The van der Waals surface area contributed by atoms with E-state index in [1.165, 1.54) is 18.2 Å². The summed E-state index contributed by atoms with van der Waals surface area (Å²) in [6.45, 7) is 5.38. The lowest BCUT2D eigenvalue weighted by atomic mass is 10.1. The van der Waals surface area contributed by atoms with E-state index >= 15 is 0 Å². The zero-order valence-corrected chi connectivity index (χ0v) is 13.3. The van der Waals surface area contributed by atoms with Gasteiger partial charge in [0.15, 0.2) is 0 Å². The molecule has 0 atom stereocenters. The van der Waals surface area contributed by atoms with Crippen molar-refractivity contribution < 1.29 is 13.2 Å². The normalized spacial score (nSPS) is 12.0. The maximum atomic E-state index is 12.0. The number of sulfonamides is 1. The van der Waals surface area contributed by atoms with Crippen LogP contribution in [0.3, 0.4) is 0 Å². The number of nitrogens with one attached hydrogen (secondary N) is 1. The first-order valence-corrected chi connectivity index (χ1v) is 8.31. The van der Waals surface area contributed by atoms with E-state index < -0.39 is 10.0 Å². The van der Waals surface area contributed by atoms with Gasteiger partial charge >= 0.3 is 0 Å². The zero-order valence-electron chi connectivity index (χ0n) is 11.7. The molecule has 1 rings (SSSR count). The Hall–Kier alpha value is -0.820. The van der Waals surface area contributed by atoms with E-state index in [1.807, 2.05) is 0 Å². The molecule has 114 valence electrons. The van der Waals surface area contributed by atoms with E-state index in [1.54, 1.807) is 0 Å². The van der Waals surface area contributed by atoms with Crippen LogP contribution >= 0.6 is 11.6 Å². The SMILES string of the molecule is CC(C)CCOCCNS(=O)(=O)c1ccc(N)cc1Cl. The van der Waals surface area contributed by atoms with Crippen LogP contribution in [0.15, 0.2) is 23.1 Å². The molecule has 1 aromatic rings. The average Bonchev–Trinajstić information content (AvgIpc) is 2.32. The van der Waals surface area contributed by atoms with Crippen molar-refractivity contribution in [1.29, 1.82) is 0 Å². The molecular formula is C13H21ClN2O3S. The van der Waals surface area contributed by atoms with Gasteiger partial charge in [-0.1, -0.05) is 25.4 Å². The third-order valence-electron chi connectivity index (χ3n) is 2.62. The minimum atomic E-state index is -3.63. The van der Waals surface area contributed by atoms with Crippen molar-refractivity contribution in [1.82, 2.24) is 4.72 Å². The van der Waals surface area contributed by atoms with E-state index in [0.29, 0.717) is 24.8 Å². The third-order valence-corrected chi connectivity index (χ3v) is 4.57. The Kier molecular flexibility index (Phi) is 6.75. The largest absolute Gasteiger partial charge is 0.399 e. The second kappa shape index (κ2) is 7.83. The summed E-state index contributed by atoms with van der Waals surface area (Å²) in [6, 6.07) is 4.30. The van der Waals surface area contributed by atoms with Crippen molar-refractivity contribution >= 4 is 27.3 Å². The van der Waals surface area contributed by atoms with Crippen molar-refractivity contribution in [3.05, 3.63) is 23.2 Å². The van der Waals surface area contributed by atoms with Crippen molar-refractivity contribution in [3.8, 4) is 0 Å². The Labute approximate surface area is 125 Å². The van der Waals surface area contributed by atoms with Crippen LogP contribution in [-0.4, -0.2) is 28.2 Å². The summed E-state index contributed by atoms with van der Waals surface area (Å²) in [4.78, 5) is 0.0237. The summed E-state index contributed by atoms with van der Waals surface area (Å²) >= 11 is 5.88. The van der Waals surface area contributed by atoms with Crippen LogP contribution in [0.5, 0.6) is 0 Å². The Bertz CT molecular complexity index is 532. The van der Waals surface area contributed by atoms with E-state index in [9.17, 15) is 8.42 Å². The first-order chi connectivity index (χ1) is 9.33. The molecule has 0 unspecified atom stereocenters. The summed E-state index contributed by atoms with van der Waals surface area (Å²) in [5.74, 6) is 0.570. The predicted molar refractivity (Wildman–Crippen MR) is 81.3 cm³/mol. The van der Waals surface area contributed by atoms with E-state index in [0.717, 1.165) is 6.42 Å². The lowest BCUT2D eigenvalue weighted by Crippen LogP contribution is -2.28. The summed E-state index contributed by atoms with van der Waals surface area (Å²) in [5, 5.41) is 0.109. The Balaban J connectivity index is 2.46. The number of hydrogen-bond donors (Lipinski definition) is 2. The molecule has 0 aliphatic heterocycles. The fraction of sp³-hybridized carbons (Fsp3) is 0.538. The number of nitrogen functional groups attached to an aromatic ring is 1. The molecule has 1 aromatic carbocycles. The number of ether oxygens (including phenoxy) is 1. The Morgan fingerprint density at radius 3 is 2.65 bits per heavy atom. The molecule has 0 saturated carbocycles. The molecule has 0 radical (unpaired) electrons. The third kappa shape index (κ3) is 5.66. The van der Waals surface area contributed by atoms with E-state index in [2.05, 4.69) is 18.6 Å². The first-order valence-electron chi connectivity index (χ1n) is 6.45. The number of rotatable bonds is 8. The highest BCUT2D eigenvalue weighted by Crippen LogP contribution is 2.23.